The molecule has 1 aromatic carbocycles. The van der Waals surface area contributed by atoms with Crippen LogP contribution in [-0.2, 0) is 19.1 Å². The molecule has 0 saturated carbocycles. The molecule has 0 spiro atoms. The van der Waals surface area contributed by atoms with Gasteiger partial charge in [-0.05, 0) is 70.2 Å². The highest BCUT2D eigenvalue weighted by molar-refractivity contribution is 6.02. The van der Waals surface area contributed by atoms with Crippen molar-refractivity contribution in [3.8, 4) is 0 Å². The van der Waals surface area contributed by atoms with Crippen molar-refractivity contribution in [2.24, 2.45) is 5.41 Å². The average Bonchev–Trinajstić information content (AvgIpc) is 2.66. The van der Waals surface area contributed by atoms with Gasteiger partial charge >= 0.3 is 11.9 Å². The number of benzene rings is 1. The number of carbonyl (C=O) groups excluding carboxylic acids is 2. The minimum absolute atomic E-state index is 0.274. The Bertz CT molecular complexity index is 886. The van der Waals surface area contributed by atoms with E-state index in [4.69, 9.17) is 9.47 Å². The average molecular weight is 381 g/mol. The van der Waals surface area contributed by atoms with E-state index in [0.29, 0.717) is 12.8 Å². The third kappa shape index (κ3) is 3.93. The van der Waals surface area contributed by atoms with Crippen LogP contribution in [0.25, 0.3) is 16.5 Å². The number of aromatic nitrogens is 1. The molecule has 0 aliphatic heterocycles. The number of para-hydroxylation sites is 1. The maximum absolute atomic E-state index is 12.8. The predicted molar refractivity (Wildman–Crippen MR) is 108 cm³/mol. The van der Waals surface area contributed by atoms with Gasteiger partial charge in [0.15, 0.2) is 5.41 Å². The number of pyridine rings is 1. The molecule has 0 fully saturated rings. The first-order valence-electron chi connectivity index (χ1n) is 9.79. The smallest absolute Gasteiger partial charge is 0.324 e. The molecular weight excluding hydrogens is 354 g/mol. The van der Waals surface area contributed by atoms with E-state index in [1.165, 1.54) is 0 Å². The fourth-order valence-corrected chi connectivity index (χ4v) is 3.58. The lowest BCUT2D eigenvalue weighted by molar-refractivity contribution is -0.177. The lowest BCUT2D eigenvalue weighted by Crippen LogP contribution is -2.44. The van der Waals surface area contributed by atoms with Crippen molar-refractivity contribution in [2.45, 2.75) is 59.2 Å². The highest BCUT2D eigenvalue weighted by atomic mass is 16.6. The van der Waals surface area contributed by atoms with E-state index in [1.54, 1.807) is 33.9 Å². The molecule has 2 aromatic rings. The maximum atomic E-state index is 12.8. The minimum Gasteiger partial charge on any atom is -0.462 e. The number of ether oxygens (including phenoxy) is 2. The topological polar surface area (TPSA) is 65.5 Å². The predicted octanol–water partition coefficient (Wildman–Crippen LogP) is 4.69. The van der Waals surface area contributed by atoms with Crippen molar-refractivity contribution in [3.05, 3.63) is 48.2 Å². The van der Waals surface area contributed by atoms with Gasteiger partial charge in [0.2, 0.25) is 0 Å². The van der Waals surface area contributed by atoms with E-state index in [-0.39, 0.29) is 18.6 Å². The molecular formula is C23H27NO4. The second kappa shape index (κ2) is 8.13. The monoisotopic (exact) mass is 381 g/mol. The molecule has 0 N–H and O–H groups in total. The number of allylic oxidation sites excluding steroid dienone is 2. The Hall–Kier alpha value is -2.69. The Balaban J connectivity index is 1.95. The van der Waals surface area contributed by atoms with E-state index in [9.17, 15) is 9.59 Å². The van der Waals surface area contributed by atoms with Crippen LogP contribution in [0.1, 0.15) is 52.5 Å². The van der Waals surface area contributed by atoms with Crippen molar-refractivity contribution >= 4 is 28.4 Å². The standard InChI is InChI=1S/C23H27NO4/c1-15(2)27-21(25)23(22(26)28-16(3)4)12-9-17(10-13-23)18-11-14-24-20-8-6-5-7-19(18)20/h5-9,11,14-16H,10,12-13H2,1-4H3. The van der Waals surface area contributed by atoms with Gasteiger partial charge < -0.3 is 9.47 Å². The van der Waals surface area contributed by atoms with Crippen LogP contribution in [0.15, 0.2) is 42.6 Å². The summed E-state index contributed by atoms with van der Waals surface area (Å²) >= 11 is 0. The van der Waals surface area contributed by atoms with Gasteiger partial charge in [-0.3, -0.25) is 14.6 Å². The minimum atomic E-state index is -1.28. The Labute approximate surface area is 165 Å². The van der Waals surface area contributed by atoms with Crippen LogP contribution in [-0.4, -0.2) is 29.1 Å². The molecule has 0 saturated heterocycles. The molecule has 0 radical (unpaired) electrons. The summed E-state index contributed by atoms with van der Waals surface area (Å²) < 4.78 is 10.9. The first kappa shape index (κ1) is 20.1. The molecule has 1 heterocycles. The third-order valence-electron chi connectivity index (χ3n) is 4.98. The zero-order valence-corrected chi connectivity index (χ0v) is 16.9. The van der Waals surface area contributed by atoms with Crippen molar-refractivity contribution in [1.29, 1.82) is 0 Å². The number of fused-ring (bicyclic) bond motifs is 1. The number of hydrogen-bond donors (Lipinski definition) is 0. The van der Waals surface area contributed by atoms with Crippen molar-refractivity contribution < 1.29 is 19.1 Å². The van der Waals surface area contributed by atoms with Crippen LogP contribution in [0, 0.1) is 5.41 Å². The van der Waals surface area contributed by atoms with Crippen LogP contribution in [0.2, 0.25) is 0 Å². The summed E-state index contributed by atoms with van der Waals surface area (Å²) in [6.45, 7) is 7.14. The van der Waals surface area contributed by atoms with E-state index in [2.05, 4.69) is 4.98 Å². The summed E-state index contributed by atoms with van der Waals surface area (Å²) in [5.41, 5.74) is 1.86. The second-order valence-corrected chi connectivity index (χ2v) is 7.80. The van der Waals surface area contributed by atoms with Gasteiger partial charge in [-0.15, -0.1) is 0 Å². The van der Waals surface area contributed by atoms with Gasteiger partial charge in [0.25, 0.3) is 0 Å². The first-order chi connectivity index (χ1) is 13.3. The molecule has 148 valence electrons. The molecule has 0 unspecified atom stereocenters. The summed E-state index contributed by atoms with van der Waals surface area (Å²) in [7, 11) is 0. The van der Waals surface area contributed by atoms with Crippen LogP contribution in [0.3, 0.4) is 0 Å². The van der Waals surface area contributed by atoms with Gasteiger partial charge in [-0.2, -0.15) is 0 Å². The summed E-state index contributed by atoms with van der Waals surface area (Å²) in [6.07, 6.45) is 4.43. The third-order valence-corrected chi connectivity index (χ3v) is 4.98. The zero-order valence-electron chi connectivity index (χ0n) is 16.9. The molecule has 5 heteroatoms. The summed E-state index contributed by atoms with van der Waals surface area (Å²) in [5.74, 6) is -0.994. The highest BCUT2D eigenvalue weighted by Gasteiger charge is 2.50. The SMILES string of the molecule is CC(C)OC(=O)C1(C(=O)OC(C)C)CC=C(c2ccnc3ccccc23)CC1. The van der Waals surface area contributed by atoms with E-state index < -0.39 is 17.4 Å². The first-order valence-corrected chi connectivity index (χ1v) is 9.79. The van der Waals surface area contributed by atoms with Gasteiger partial charge in [0.1, 0.15) is 0 Å². The van der Waals surface area contributed by atoms with Gasteiger partial charge in [0.05, 0.1) is 17.7 Å². The van der Waals surface area contributed by atoms with Crippen LogP contribution in [0.5, 0.6) is 0 Å². The van der Waals surface area contributed by atoms with E-state index in [0.717, 1.165) is 22.0 Å². The van der Waals surface area contributed by atoms with Crippen molar-refractivity contribution in [3.63, 3.8) is 0 Å². The van der Waals surface area contributed by atoms with Crippen LogP contribution in [0.4, 0.5) is 0 Å². The fraction of sp³-hybridized carbons (Fsp3) is 0.435. The molecule has 0 atom stereocenters. The molecule has 1 aliphatic rings. The normalized spacial score (nSPS) is 16.1. The molecule has 28 heavy (non-hydrogen) atoms. The largest absolute Gasteiger partial charge is 0.462 e. The van der Waals surface area contributed by atoms with Gasteiger partial charge in [-0.25, -0.2) is 0 Å². The van der Waals surface area contributed by atoms with Gasteiger partial charge in [0, 0.05) is 11.6 Å². The van der Waals surface area contributed by atoms with Crippen LogP contribution >= 0.6 is 0 Å². The Morgan fingerprint density at radius 1 is 1.00 bits per heavy atom. The fourth-order valence-electron chi connectivity index (χ4n) is 3.58. The quantitative estimate of drug-likeness (QED) is 0.555. The Kier molecular flexibility index (Phi) is 5.82. The molecule has 0 amide bonds. The van der Waals surface area contributed by atoms with Crippen molar-refractivity contribution in [2.75, 3.05) is 0 Å². The summed E-state index contributed by atoms with van der Waals surface area (Å²) in [6, 6.07) is 9.96. The lowest BCUT2D eigenvalue weighted by Gasteiger charge is -2.33. The molecule has 5 nitrogen and oxygen atoms in total. The summed E-state index contributed by atoms with van der Waals surface area (Å²) in [5, 5.41) is 1.07. The second-order valence-electron chi connectivity index (χ2n) is 7.80. The zero-order chi connectivity index (χ0) is 20.3. The molecule has 1 aliphatic carbocycles. The van der Waals surface area contributed by atoms with E-state index in [1.807, 2.05) is 36.4 Å². The van der Waals surface area contributed by atoms with Gasteiger partial charge in [-0.1, -0.05) is 24.3 Å². The number of hydrogen-bond acceptors (Lipinski definition) is 5. The highest BCUT2D eigenvalue weighted by Crippen LogP contribution is 2.42. The van der Waals surface area contributed by atoms with Crippen LogP contribution < -0.4 is 0 Å². The molecule has 3 rings (SSSR count). The molecule has 0 bridgehead atoms. The van der Waals surface area contributed by atoms with Crippen molar-refractivity contribution in [1.82, 2.24) is 4.98 Å². The number of rotatable bonds is 5. The number of nitrogens with zero attached hydrogens (tertiary/aromatic N) is 1. The van der Waals surface area contributed by atoms with E-state index >= 15 is 0 Å². The number of esters is 2. The maximum Gasteiger partial charge on any atom is 0.324 e. The lowest BCUT2D eigenvalue weighted by atomic mass is 9.73. The summed E-state index contributed by atoms with van der Waals surface area (Å²) in [4.78, 5) is 30.1. The number of carbonyl (C=O) groups is 2. The Morgan fingerprint density at radius 3 is 2.21 bits per heavy atom. The Morgan fingerprint density at radius 2 is 1.64 bits per heavy atom. The molecule has 1 aromatic heterocycles.